The lowest BCUT2D eigenvalue weighted by molar-refractivity contribution is 1.41. The van der Waals surface area contributed by atoms with E-state index in [1.54, 1.807) is 0 Å². The molecule has 0 radical (unpaired) electrons. The molecule has 5 heteroatoms. The fraction of sp³-hybridized carbons (Fsp3) is 0.0833. The number of aryl methyl sites for hydroxylation is 1. The summed E-state index contributed by atoms with van der Waals surface area (Å²) in [6.07, 6.45) is 3.66. The summed E-state index contributed by atoms with van der Waals surface area (Å²) in [7, 11) is 0. The Morgan fingerprint density at radius 3 is 2.65 bits per heavy atom. The van der Waals surface area contributed by atoms with Gasteiger partial charge in [-0.2, -0.15) is 0 Å². The molecule has 0 aliphatic rings. The molecule has 0 saturated heterocycles. The fourth-order valence-corrected chi connectivity index (χ4v) is 1.78. The molecule has 88 valence electrons. The van der Waals surface area contributed by atoms with Crippen LogP contribution in [0.2, 0.25) is 5.02 Å². The van der Waals surface area contributed by atoms with Gasteiger partial charge in [0.05, 0.1) is 5.69 Å². The number of rotatable bonds is 2. The topological polar surface area (TPSA) is 39.8 Å². The van der Waals surface area contributed by atoms with Crippen molar-refractivity contribution >= 4 is 40.3 Å². The van der Waals surface area contributed by atoms with E-state index in [4.69, 9.17) is 23.8 Å². The van der Waals surface area contributed by atoms with E-state index in [9.17, 15) is 0 Å². The first-order valence-electron chi connectivity index (χ1n) is 5.12. The summed E-state index contributed by atoms with van der Waals surface area (Å²) in [5, 5.41) is 7.37. The van der Waals surface area contributed by atoms with Gasteiger partial charge in [-0.3, -0.25) is 0 Å². The van der Waals surface area contributed by atoms with E-state index in [2.05, 4.69) is 15.6 Å². The Morgan fingerprint density at radius 2 is 2.00 bits per heavy atom. The number of benzene rings is 1. The van der Waals surface area contributed by atoms with Crippen molar-refractivity contribution in [3.63, 3.8) is 0 Å². The van der Waals surface area contributed by atoms with Crippen molar-refractivity contribution in [2.45, 2.75) is 6.92 Å². The van der Waals surface area contributed by atoms with Crippen LogP contribution >= 0.6 is 23.8 Å². The zero-order valence-corrected chi connectivity index (χ0v) is 10.8. The van der Waals surface area contributed by atoms with E-state index in [0.717, 1.165) is 22.0 Å². The second kappa shape index (κ2) is 5.21. The number of nitrogens with one attached hydrogen (secondary N) is 3. The molecule has 0 aliphatic carbocycles. The van der Waals surface area contributed by atoms with Crippen LogP contribution in [0.25, 0.3) is 0 Å². The number of H-pyrrole nitrogens is 1. The highest BCUT2D eigenvalue weighted by molar-refractivity contribution is 7.80. The minimum absolute atomic E-state index is 0.532. The van der Waals surface area contributed by atoms with E-state index in [0.29, 0.717) is 5.11 Å². The number of thiocarbonyl (C=S) groups is 1. The van der Waals surface area contributed by atoms with Crippen molar-refractivity contribution in [3.05, 3.63) is 47.2 Å². The highest BCUT2D eigenvalue weighted by Gasteiger charge is 2.01. The van der Waals surface area contributed by atoms with Gasteiger partial charge in [-0.05, 0) is 42.9 Å². The van der Waals surface area contributed by atoms with Gasteiger partial charge in [0.25, 0.3) is 0 Å². The summed E-state index contributed by atoms with van der Waals surface area (Å²) < 4.78 is 0. The molecule has 0 spiro atoms. The Morgan fingerprint density at radius 1 is 1.24 bits per heavy atom. The van der Waals surface area contributed by atoms with Gasteiger partial charge in [0.15, 0.2) is 5.11 Å². The molecule has 0 atom stereocenters. The molecule has 0 saturated carbocycles. The number of halogens is 1. The summed E-state index contributed by atoms with van der Waals surface area (Å²) in [6.45, 7) is 1.96. The minimum atomic E-state index is 0.532. The van der Waals surface area contributed by atoms with Crippen molar-refractivity contribution < 1.29 is 0 Å². The van der Waals surface area contributed by atoms with E-state index in [-0.39, 0.29) is 0 Å². The third-order valence-corrected chi connectivity index (χ3v) is 2.90. The van der Waals surface area contributed by atoms with Gasteiger partial charge in [-0.25, -0.2) is 0 Å². The van der Waals surface area contributed by atoms with Crippen LogP contribution in [0, 0.1) is 6.92 Å². The first-order chi connectivity index (χ1) is 8.15. The third-order valence-electron chi connectivity index (χ3n) is 2.29. The lowest BCUT2D eigenvalue weighted by atomic mass is 10.2. The normalized spacial score (nSPS) is 10.0. The van der Waals surface area contributed by atoms with Crippen LogP contribution in [0.4, 0.5) is 11.4 Å². The maximum atomic E-state index is 6.03. The van der Waals surface area contributed by atoms with Crippen LogP contribution in [0.1, 0.15) is 5.56 Å². The predicted molar refractivity (Wildman–Crippen MR) is 76.8 cm³/mol. The quantitative estimate of drug-likeness (QED) is 0.724. The van der Waals surface area contributed by atoms with Crippen LogP contribution < -0.4 is 10.6 Å². The van der Waals surface area contributed by atoms with Crippen molar-refractivity contribution in [1.29, 1.82) is 0 Å². The molecule has 0 amide bonds. The monoisotopic (exact) mass is 265 g/mol. The predicted octanol–water partition coefficient (Wildman–Crippen LogP) is 3.79. The Hall–Kier alpha value is -1.52. The Balaban J connectivity index is 2.00. The zero-order valence-electron chi connectivity index (χ0n) is 9.25. The number of aromatic amines is 1. The molecule has 0 fully saturated rings. The van der Waals surface area contributed by atoms with E-state index in [1.807, 2.05) is 43.6 Å². The first kappa shape index (κ1) is 12.0. The van der Waals surface area contributed by atoms with Gasteiger partial charge < -0.3 is 15.6 Å². The van der Waals surface area contributed by atoms with E-state index in [1.165, 1.54) is 0 Å². The molecule has 17 heavy (non-hydrogen) atoms. The second-order valence-electron chi connectivity index (χ2n) is 3.64. The van der Waals surface area contributed by atoms with Crippen LogP contribution in [0.15, 0.2) is 36.7 Å². The first-order valence-corrected chi connectivity index (χ1v) is 5.91. The van der Waals surface area contributed by atoms with E-state index >= 15 is 0 Å². The second-order valence-corrected chi connectivity index (χ2v) is 4.46. The smallest absolute Gasteiger partial charge is 0.175 e. The molecule has 3 N–H and O–H groups in total. The highest BCUT2D eigenvalue weighted by atomic mass is 35.5. The Kier molecular flexibility index (Phi) is 3.66. The zero-order chi connectivity index (χ0) is 12.3. The van der Waals surface area contributed by atoms with Crippen LogP contribution in [-0.2, 0) is 0 Å². The van der Waals surface area contributed by atoms with Gasteiger partial charge in [0.2, 0.25) is 0 Å². The summed E-state index contributed by atoms with van der Waals surface area (Å²) in [6, 6.07) is 7.63. The third kappa shape index (κ3) is 3.22. The van der Waals surface area contributed by atoms with Gasteiger partial charge in [0.1, 0.15) is 0 Å². The van der Waals surface area contributed by atoms with Crippen LogP contribution in [0.5, 0.6) is 0 Å². The molecule has 1 heterocycles. The molecule has 2 aromatic rings. The molecule has 0 bridgehead atoms. The number of hydrogen-bond acceptors (Lipinski definition) is 1. The summed E-state index contributed by atoms with van der Waals surface area (Å²) in [5.74, 6) is 0. The standard InChI is InChI=1S/C12H12ClN3S/c1-8-2-3-9(6-11(8)13)15-12(17)16-10-4-5-14-7-10/h2-7,14H,1H3,(H2,15,16,17). The van der Waals surface area contributed by atoms with Crippen LogP contribution in [0.3, 0.4) is 0 Å². The van der Waals surface area contributed by atoms with Crippen molar-refractivity contribution in [2.75, 3.05) is 10.6 Å². The summed E-state index contributed by atoms with van der Waals surface area (Å²) in [5.41, 5.74) is 2.83. The SMILES string of the molecule is Cc1ccc(NC(=S)Nc2cc[nH]c2)cc1Cl. The molecule has 1 aromatic heterocycles. The number of hydrogen-bond donors (Lipinski definition) is 3. The summed E-state index contributed by atoms with van der Waals surface area (Å²) >= 11 is 11.2. The number of anilines is 2. The van der Waals surface area contributed by atoms with Gasteiger partial charge in [-0.1, -0.05) is 17.7 Å². The number of aromatic nitrogens is 1. The Bertz CT molecular complexity index is 523. The summed E-state index contributed by atoms with van der Waals surface area (Å²) in [4.78, 5) is 2.94. The molecule has 1 aromatic carbocycles. The largest absolute Gasteiger partial charge is 0.366 e. The minimum Gasteiger partial charge on any atom is -0.366 e. The average Bonchev–Trinajstić information content (AvgIpc) is 2.76. The van der Waals surface area contributed by atoms with Crippen molar-refractivity contribution in [1.82, 2.24) is 4.98 Å². The molecular formula is C12H12ClN3S. The maximum Gasteiger partial charge on any atom is 0.175 e. The highest BCUT2D eigenvalue weighted by Crippen LogP contribution is 2.20. The van der Waals surface area contributed by atoms with Gasteiger partial charge >= 0.3 is 0 Å². The van der Waals surface area contributed by atoms with Crippen molar-refractivity contribution in [3.8, 4) is 0 Å². The Labute approximate surface area is 110 Å². The van der Waals surface area contributed by atoms with Crippen LogP contribution in [-0.4, -0.2) is 10.1 Å². The fourth-order valence-electron chi connectivity index (χ4n) is 1.37. The molecule has 2 rings (SSSR count). The van der Waals surface area contributed by atoms with E-state index < -0.39 is 0 Å². The van der Waals surface area contributed by atoms with Crippen molar-refractivity contribution in [2.24, 2.45) is 0 Å². The molecule has 0 unspecified atom stereocenters. The maximum absolute atomic E-state index is 6.03. The lowest BCUT2D eigenvalue weighted by Gasteiger charge is -2.10. The molecule has 0 aliphatic heterocycles. The molecule has 3 nitrogen and oxygen atoms in total. The molecular weight excluding hydrogens is 254 g/mol. The van der Waals surface area contributed by atoms with Gasteiger partial charge in [0, 0.05) is 23.1 Å². The lowest BCUT2D eigenvalue weighted by Crippen LogP contribution is -2.18. The van der Waals surface area contributed by atoms with Gasteiger partial charge in [-0.15, -0.1) is 0 Å². The average molecular weight is 266 g/mol.